The van der Waals surface area contributed by atoms with E-state index in [0.717, 1.165) is 17.6 Å². The van der Waals surface area contributed by atoms with Crippen LogP contribution in [0.5, 0.6) is 0 Å². The first-order chi connectivity index (χ1) is 11.1. The average Bonchev–Trinajstić information content (AvgIpc) is 2.58. The lowest BCUT2D eigenvalue weighted by Crippen LogP contribution is -2.14. The van der Waals surface area contributed by atoms with Crippen molar-refractivity contribution in [2.45, 2.75) is 11.3 Å². The molecule has 0 atom stereocenters. The zero-order valence-electron chi connectivity index (χ0n) is 12.2. The molecule has 0 aliphatic carbocycles. The van der Waals surface area contributed by atoms with Crippen LogP contribution in [-0.2, 0) is 14.8 Å². The van der Waals surface area contributed by atoms with E-state index in [9.17, 15) is 8.42 Å². The van der Waals surface area contributed by atoms with Crippen LogP contribution in [0, 0.1) is 0 Å². The van der Waals surface area contributed by atoms with Gasteiger partial charge in [0.25, 0.3) is 10.0 Å². The van der Waals surface area contributed by atoms with Gasteiger partial charge >= 0.3 is 0 Å². The van der Waals surface area contributed by atoms with Gasteiger partial charge in [-0.3, -0.25) is 4.72 Å². The molecule has 0 bridgehead atoms. The number of benzene rings is 1. The van der Waals surface area contributed by atoms with Crippen LogP contribution in [0.25, 0.3) is 5.57 Å². The zero-order chi connectivity index (χ0) is 16.3. The second-order valence-corrected chi connectivity index (χ2v) is 7.08. The molecule has 23 heavy (non-hydrogen) atoms. The Morgan fingerprint density at radius 2 is 2.00 bits per heavy atom. The SMILES string of the molecule is O=S(=O)(Nc1cc(C2=CCOCC2)cnc1Cl)c1ccccc1. The van der Waals surface area contributed by atoms with E-state index in [1.807, 2.05) is 6.08 Å². The highest BCUT2D eigenvalue weighted by Gasteiger charge is 2.17. The van der Waals surface area contributed by atoms with E-state index in [-0.39, 0.29) is 15.7 Å². The Labute approximate surface area is 140 Å². The number of hydrogen-bond donors (Lipinski definition) is 1. The number of anilines is 1. The first-order valence-electron chi connectivity index (χ1n) is 7.07. The highest BCUT2D eigenvalue weighted by Crippen LogP contribution is 2.28. The molecule has 0 radical (unpaired) electrons. The molecule has 5 nitrogen and oxygen atoms in total. The minimum atomic E-state index is -3.70. The van der Waals surface area contributed by atoms with Gasteiger partial charge in [-0.05, 0) is 35.8 Å². The van der Waals surface area contributed by atoms with E-state index in [1.54, 1.807) is 30.5 Å². The molecule has 0 spiro atoms. The molecule has 0 amide bonds. The van der Waals surface area contributed by atoms with Crippen molar-refractivity contribution < 1.29 is 13.2 Å². The van der Waals surface area contributed by atoms with E-state index in [4.69, 9.17) is 16.3 Å². The van der Waals surface area contributed by atoms with Crippen molar-refractivity contribution in [2.24, 2.45) is 0 Å². The molecule has 2 aromatic rings. The van der Waals surface area contributed by atoms with Crippen molar-refractivity contribution in [3.63, 3.8) is 0 Å². The average molecular weight is 351 g/mol. The normalized spacial score (nSPS) is 15.1. The zero-order valence-corrected chi connectivity index (χ0v) is 13.8. The summed E-state index contributed by atoms with van der Waals surface area (Å²) < 4.78 is 32.6. The molecule has 1 aliphatic rings. The van der Waals surface area contributed by atoms with Gasteiger partial charge in [-0.25, -0.2) is 13.4 Å². The molecule has 1 aliphatic heterocycles. The number of nitrogens with zero attached hydrogens (tertiary/aromatic N) is 1. The van der Waals surface area contributed by atoms with E-state index in [1.165, 1.54) is 12.1 Å². The molecule has 0 saturated heterocycles. The summed E-state index contributed by atoms with van der Waals surface area (Å²) in [6.07, 6.45) is 4.36. The standard InChI is InChI=1S/C16H15ClN2O3S/c17-16-15(19-23(20,21)14-4-2-1-3-5-14)10-13(11-18-16)12-6-8-22-9-7-12/h1-6,10-11,19H,7-9H2. The Morgan fingerprint density at radius 3 is 2.70 bits per heavy atom. The molecule has 120 valence electrons. The van der Waals surface area contributed by atoms with Gasteiger partial charge in [-0.15, -0.1) is 0 Å². The van der Waals surface area contributed by atoms with E-state index in [2.05, 4.69) is 9.71 Å². The lowest BCUT2D eigenvalue weighted by atomic mass is 10.0. The van der Waals surface area contributed by atoms with Crippen molar-refractivity contribution >= 4 is 32.9 Å². The molecule has 3 rings (SSSR count). The van der Waals surface area contributed by atoms with Crippen LogP contribution in [0.4, 0.5) is 5.69 Å². The van der Waals surface area contributed by atoms with Crippen LogP contribution < -0.4 is 4.72 Å². The van der Waals surface area contributed by atoms with E-state index < -0.39 is 10.0 Å². The Balaban J connectivity index is 1.92. The summed E-state index contributed by atoms with van der Waals surface area (Å²) in [5, 5.41) is 0.112. The largest absolute Gasteiger partial charge is 0.377 e. The molecular formula is C16H15ClN2O3S. The first-order valence-corrected chi connectivity index (χ1v) is 8.93. The second-order valence-electron chi connectivity index (χ2n) is 5.04. The second kappa shape index (κ2) is 6.70. The fourth-order valence-corrected chi connectivity index (χ4v) is 3.57. The van der Waals surface area contributed by atoms with Gasteiger partial charge in [0.1, 0.15) is 0 Å². The number of halogens is 1. The summed E-state index contributed by atoms with van der Waals surface area (Å²) in [5.74, 6) is 0. The summed E-state index contributed by atoms with van der Waals surface area (Å²) in [5.41, 5.74) is 2.17. The molecule has 7 heteroatoms. The molecule has 1 aromatic heterocycles. The predicted octanol–water partition coefficient (Wildman–Crippen LogP) is 3.34. The van der Waals surface area contributed by atoms with Crippen LogP contribution in [0.2, 0.25) is 5.15 Å². The van der Waals surface area contributed by atoms with Gasteiger partial charge in [0.15, 0.2) is 5.15 Å². The van der Waals surface area contributed by atoms with E-state index in [0.29, 0.717) is 13.2 Å². The Bertz CT molecular complexity index is 836. The van der Waals surface area contributed by atoms with Gasteiger partial charge < -0.3 is 4.74 Å². The fourth-order valence-electron chi connectivity index (χ4n) is 2.29. The maximum Gasteiger partial charge on any atom is 0.261 e. The summed E-state index contributed by atoms with van der Waals surface area (Å²) in [6, 6.07) is 9.83. The Hall–Kier alpha value is -1.89. The number of sulfonamides is 1. The van der Waals surface area contributed by atoms with Crippen molar-refractivity contribution in [1.82, 2.24) is 4.98 Å². The van der Waals surface area contributed by atoms with Gasteiger partial charge in [-0.1, -0.05) is 35.9 Å². The maximum atomic E-state index is 12.4. The Kier molecular flexibility index (Phi) is 4.66. The smallest absolute Gasteiger partial charge is 0.261 e. The van der Waals surface area contributed by atoms with Gasteiger partial charge in [0.2, 0.25) is 0 Å². The quantitative estimate of drug-likeness (QED) is 0.859. The first kappa shape index (κ1) is 16.0. The topological polar surface area (TPSA) is 68.3 Å². The van der Waals surface area contributed by atoms with Crippen LogP contribution in [0.1, 0.15) is 12.0 Å². The van der Waals surface area contributed by atoms with Gasteiger partial charge in [0.05, 0.1) is 23.8 Å². The number of ether oxygens (including phenoxy) is 1. The van der Waals surface area contributed by atoms with Crippen molar-refractivity contribution in [3.8, 4) is 0 Å². The highest BCUT2D eigenvalue weighted by atomic mass is 35.5. The van der Waals surface area contributed by atoms with E-state index >= 15 is 0 Å². The molecule has 0 unspecified atom stereocenters. The number of nitrogens with one attached hydrogen (secondary N) is 1. The maximum absolute atomic E-state index is 12.4. The summed E-state index contributed by atoms with van der Waals surface area (Å²) >= 11 is 6.05. The van der Waals surface area contributed by atoms with Crippen LogP contribution in [-0.4, -0.2) is 26.6 Å². The van der Waals surface area contributed by atoms with Crippen molar-refractivity contribution in [1.29, 1.82) is 0 Å². The predicted molar refractivity (Wildman–Crippen MR) is 89.9 cm³/mol. The number of pyridine rings is 1. The highest BCUT2D eigenvalue weighted by molar-refractivity contribution is 7.92. The fraction of sp³-hybridized carbons (Fsp3) is 0.188. The van der Waals surface area contributed by atoms with Crippen molar-refractivity contribution in [2.75, 3.05) is 17.9 Å². The molecule has 0 fully saturated rings. The van der Waals surface area contributed by atoms with Gasteiger partial charge in [0, 0.05) is 6.20 Å². The minimum Gasteiger partial charge on any atom is -0.377 e. The third kappa shape index (κ3) is 3.72. The molecule has 1 N–H and O–H groups in total. The van der Waals surface area contributed by atoms with Crippen LogP contribution in [0.3, 0.4) is 0 Å². The monoisotopic (exact) mass is 350 g/mol. The molecule has 1 aromatic carbocycles. The van der Waals surface area contributed by atoms with Crippen LogP contribution in [0.15, 0.2) is 53.6 Å². The molecular weight excluding hydrogens is 336 g/mol. The third-order valence-electron chi connectivity index (χ3n) is 3.47. The molecule has 0 saturated carbocycles. The molecule has 2 heterocycles. The third-order valence-corrected chi connectivity index (χ3v) is 5.15. The number of aromatic nitrogens is 1. The lowest BCUT2D eigenvalue weighted by Gasteiger charge is -2.15. The summed E-state index contributed by atoms with van der Waals surface area (Å²) in [7, 11) is -3.70. The van der Waals surface area contributed by atoms with Crippen LogP contribution >= 0.6 is 11.6 Å². The lowest BCUT2D eigenvalue weighted by molar-refractivity contribution is 0.161. The van der Waals surface area contributed by atoms with Gasteiger partial charge in [-0.2, -0.15) is 0 Å². The summed E-state index contributed by atoms with van der Waals surface area (Å²) in [6.45, 7) is 1.18. The number of rotatable bonds is 4. The minimum absolute atomic E-state index is 0.112. The number of hydrogen-bond acceptors (Lipinski definition) is 4. The summed E-state index contributed by atoms with van der Waals surface area (Å²) in [4.78, 5) is 4.26. The Morgan fingerprint density at radius 1 is 1.22 bits per heavy atom. The van der Waals surface area contributed by atoms with Crippen molar-refractivity contribution in [3.05, 3.63) is 59.4 Å².